The number of carbonyl (C=O) groups excluding carboxylic acids is 1. The highest BCUT2D eigenvalue weighted by atomic mass is 16.6. The van der Waals surface area contributed by atoms with Gasteiger partial charge in [-0.25, -0.2) is 9.59 Å². The van der Waals surface area contributed by atoms with Crippen LogP contribution in [0.4, 0.5) is 4.79 Å². The Morgan fingerprint density at radius 3 is 2.06 bits per heavy atom. The van der Waals surface area contributed by atoms with Crippen LogP contribution >= 0.6 is 0 Å². The normalized spacial score (nSPS) is 11.8. The van der Waals surface area contributed by atoms with E-state index in [1.165, 1.54) is 17.0 Å². The number of rotatable bonds is 6. The van der Waals surface area contributed by atoms with Gasteiger partial charge >= 0.3 is 12.1 Å². The van der Waals surface area contributed by atoms with Gasteiger partial charge in [-0.3, -0.25) is 4.90 Å². The van der Waals surface area contributed by atoms with Crippen molar-refractivity contribution in [3.63, 3.8) is 0 Å². The Bertz CT molecular complexity index is 1120. The first-order chi connectivity index (χ1) is 15.1. The summed E-state index contributed by atoms with van der Waals surface area (Å²) in [5.41, 5.74) is 5.58. The molecule has 154 valence electrons. The van der Waals surface area contributed by atoms with Crippen LogP contribution in [0.25, 0.3) is 11.1 Å². The first kappa shape index (κ1) is 20.2. The molecule has 0 radical (unpaired) electrons. The summed E-state index contributed by atoms with van der Waals surface area (Å²) in [5, 5.41) is 9.03. The third-order valence-electron chi connectivity index (χ3n) is 5.45. The average molecular weight is 411 g/mol. The zero-order chi connectivity index (χ0) is 21.8. The minimum absolute atomic E-state index is 0.0288. The summed E-state index contributed by atoms with van der Waals surface area (Å²) in [4.78, 5) is 25.3. The Morgan fingerprint density at radius 2 is 1.52 bits per heavy atom. The molecule has 0 aromatic heterocycles. The molecule has 0 fully saturated rings. The molecule has 0 saturated heterocycles. The van der Waals surface area contributed by atoms with Crippen molar-refractivity contribution in [1.82, 2.24) is 4.90 Å². The number of carboxylic acid groups (broad SMARTS) is 1. The van der Waals surface area contributed by atoms with Gasteiger partial charge in [-0.15, -0.1) is 6.42 Å². The molecule has 0 aliphatic heterocycles. The van der Waals surface area contributed by atoms with E-state index in [1.807, 2.05) is 24.3 Å². The van der Waals surface area contributed by atoms with Crippen LogP contribution in [0.15, 0.2) is 72.8 Å². The van der Waals surface area contributed by atoms with Crippen molar-refractivity contribution < 1.29 is 19.4 Å². The highest BCUT2D eigenvalue weighted by Gasteiger charge is 2.29. The molecule has 0 atom stereocenters. The fourth-order valence-corrected chi connectivity index (χ4v) is 3.95. The molecule has 3 aromatic rings. The fourth-order valence-electron chi connectivity index (χ4n) is 3.95. The molecule has 5 nitrogen and oxygen atoms in total. The third-order valence-corrected chi connectivity index (χ3v) is 5.45. The smallest absolute Gasteiger partial charge is 0.410 e. The van der Waals surface area contributed by atoms with Gasteiger partial charge in [0.1, 0.15) is 6.61 Å². The Balaban J connectivity index is 1.47. The second-order valence-electron chi connectivity index (χ2n) is 7.37. The Hall–Kier alpha value is -4.04. The van der Waals surface area contributed by atoms with E-state index in [0.29, 0.717) is 0 Å². The number of fused-ring (bicyclic) bond motifs is 3. The first-order valence-corrected chi connectivity index (χ1v) is 9.94. The monoisotopic (exact) mass is 411 g/mol. The predicted molar refractivity (Wildman–Crippen MR) is 118 cm³/mol. The SMILES string of the molecule is C#CCN(Cc1ccc(C(=O)O)cc1)C(=O)OCC1c2ccccc2-c2ccccc21. The van der Waals surface area contributed by atoms with E-state index in [-0.39, 0.29) is 31.2 Å². The van der Waals surface area contributed by atoms with Crippen LogP contribution in [0.5, 0.6) is 0 Å². The van der Waals surface area contributed by atoms with Gasteiger partial charge in [0.05, 0.1) is 12.1 Å². The number of benzene rings is 3. The summed E-state index contributed by atoms with van der Waals surface area (Å²) >= 11 is 0. The lowest BCUT2D eigenvalue weighted by Crippen LogP contribution is -2.32. The van der Waals surface area contributed by atoms with Crippen molar-refractivity contribution >= 4 is 12.1 Å². The maximum Gasteiger partial charge on any atom is 0.410 e. The van der Waals surface area contributed by atoms with Crippen molar-refractivity contribution in [2.45, 2.75) is 12.5 Å². The van der Waals surface area contributed by atoms with Gasteiger partial charge < -0.3 is 9.84 Å². The van der Waals surface area contributed by atoms with Crippen molar-refractivity contribution in [2.24, 2.45) is 0 Å². The molecule has 0 heterocycles. The third kappa shape index (κ3) is 4.15. The van der Waals surface area contributed by atoms with Gasteiger partial charge in [-0.05, 0) is 39.9 Å². The van der Waals surface area contributed by atoms with E-state index in [2.05, 4.69) is 30.2 Å². The predicted octanol–water partition coefficient (Wildman–Crippen LogP) is 4.77. The summed E-state index contributed by atoms with van der Waals surface area (Å²) < 4.78 is 5.69. The van der Waals surface area contributed by atoms with Crippen molar-refractivity contribution in [2.75, 3.05) is 13.2 Å². The van der Waals surface area contributed by atoms with Gasteiger partial charge in [-0.2, -0.15) is 0 Å². The molecule has 3 aromatic carbocycles. The molecule has 0 saturated carbocycles. The molecule has 4 rings (SSSR count). The van der Waals surface area contributed by atoms with Crippen LogP contribution < -0.4 is 0 Å². The summed E-state index contributed by atoms with van der Waals surface area (Å²) in [5.74, 6) is 1.46. The van der Waals surface area contributed by atoms with Crippen LogP contribution in [-0.4, -0.2) is 35.2 Å². The molecule has 0 bridgehead atoms. The Kier molecular flexibility index (Phi) is 5.72. The zero-order valence-corrected chi connectivity index (χ0v) is 16.8. The molecule has 1 aliphatic rings. The number of carboxylic acids is 1. The molecule has 1 amide bonds. The van der Waals surface area contributed by atoms with Crippen LogP contribution in [0.2, 0.25) is 0 Å². The molecule has 0 spiro atoms. The van der Waals surface area contributed by atoms with Gasteiger partial charge in [0.25, 0.3) is 0 Å². The van der Waals surface area contributed by atoms with Gasteiger partial charge in [-0.1, -0.05) is 66.6 Å². The molecule has 1 N–H and O–H groups in total. The molecular formula is C26H21NO4. The van der Waals surface area contributed by atoms with Gasteiger partial charge in [0.2, 0.25) is 0 Å². The lowest BCUT2D eigenvalue weighted by molar-refractivity contribution is 0.0696. The lowest BCUT2D eigenvalue weighted by Gasteiger charge is -2.22. The average Bonchev–Trinajstić information content (AvgIpc) is 3.11. The molecule has 1 aliphatic carbocycles. The van der Waals surface area contributed by atoms with E-state index in [9.17, 15) is 9.59 Å². The number of hydrogen-bond acceptors (Lipinski definition) is 3. The minimum atomic E-state index is -0.997. The van der Waals surface area contributed by atoms with Gasteiger partial charge in [0.15, 0.2) is 0 Å². The zero-order valence-electron chi connectivity index (χ0n) is 16.8. The summed E-state index contributed by atoms with van der Waals surface area (Å²) in [6.07, 6.45) is 4.95. The number of ether oxygens (including phenoxy) is 1. The minimum Gasteiger partial charge on any atom is -0.478 e. The quantitative estimate of drug-likeness (QED) is 0.594. The highest BCUT2D eigenvalue weighted by Crippen LogP contribution is 2.44. The van der Waals surface area contributed by atoms with Crippen molar-refractivity contribution in [1.29, 1.82) is 0 Å². The number of terminal acetylenes is 1. The molecule has 0 unspecified atom stereocenters. The summed E-state index contributed by atoms with van der Waals surface area (Å²) in [6, 6.07) is 22.6. The second kappa shape index (κ2) is 8.76. The van der Waals surface area contributed by atoms with E-state index in [1.54, 1.807) is 12.1 Å². The second-order valence-corrected chi connectivity index (χ2v) is 7.37. The van der Waals surface area contributed by atoms with Gasteiger partial charge in [0, 0.05) is 12.5 Å². The van der Waals surface area contributed by atoms with Crippen molar-refractivity contribution in [3.05, 3.63) is 95.1 Å². The Morgan fingerprint density at radius 1 is 0.935 bits per heavy atom. The topological polar surface area (TPSA) is 66.8 Å². The van der Waals surface area contributed by atoms with E-state index in [0.717, 1.165) is 27.8 Å². The van der Waals surface area contributed by atoms with Crippen molar-refractivity contribution in [3.8, 4) is 23.5 Å². The highest BCUT2D eigenvalue weighted by molar-refractivity contribution is 5.87. The number of amides is 1. The Labute approximate surface area is 180 Å². The van der Waals surface area contributed by atoms with Crippen LogP contribution in [0.1, 0.15) is 33.0 Å². The largest absolute Gasteiger partial charge is 0.478 e. The molecular weight excluding hydrogens is 390 g/mol. The van der Waals surface area contributed by atoms with E-state index >= 15 is 0 Å². The number of hydrogen-bond donors (Lipinski definition) is 1. The molecule has 5 heteroatoms. The number of carbonyl (C=O) groups is 2. The van der Waals surface area contributed by atoms with E-state index < -0.39 is 12.1 Å². The maximum atomic E-state index is 12.8. The lowest BCUT2D eigenvalue weighted by atomic mass is 9.98. The fraction of sp³-hybridized carbons (Fsp3) is 0.154. The number of nitrogens with zero attached hydrogens (tertiary/aromatic N) is 1. The van der Waals surface area contributed by atoms with Crippen LogP contribution in [0, 0.1) is 12.3 Å². The van der Waals surface area contributed by atoms with Crippen LogP contribution in [0.3, 0.4) is 0 Å². The number of aromatic carboxylic acids is 1. The molecule has 31 heavy (non-hydrogen) atoms. The standard InChI is InChI=1S/C26H21NO4/c1-2-15-27(16-18-11-13-19(14-12-18)25(28)29)26(30)31-17-24-22-9-5-3-7-20(22)21-8-4-6-10-23(21)24/h1,3-14,24H,15-17H2,(H,28,29). The van der Waals surface area contributed by atoms with E-state index in [4.69, 9.17) is 16.3 Å². The maximum absolute atomic E-state index is 12.8. The van der Waals surface area contributed by atoms with Crippen LogP contribution in [-0.2, 0) is 11.3 Å². The summed E-state index contributed by atoms with van der Waals surface area (Å²) in [6.45, 7) is 0.546. The first-order valence-electron chi connectivity index (χ1n) is 9.94. The summed E-state index contributed by atoms with van der Waals surface area (Å²) in [7, 11) is 0.